The molecule has 2 heterocycles. The average Bonchev–Trinajstić information content (AvgIpc) is 2.72. The van der Waals surface area contributed by atoms with Crippen LogP contribution in [0.5, 0.6) is 0 Å². The molecule has 1 fully saturated rings. The van der Waals surface area contributed by atoms with Gasteiger partial charge in [-0.15, -0.1) is 0 Å². The molecule has 0 spiro atoms. The molecule has 2 aromatic carbocycles. The van der Waals surface area contributed by atoms with Gasteiger partial charge in [-0.1, -0.05) is 42.8 Å². The number of para-hydroxylation sites is 2. The SMILES string of the molecule is CC1CCN(c2nc(=O)n(CC(=O)Nc3ccccc3Cl)c3ccccc23)CC1. The van der Waals surface area contributed by atoms with E-state index in [1.54, 1.807) is 24.3 Å². The number of hydrogen-bond acceptors (Lipinski definition) is 4. The van der Waals surface area contributed by atoms with Gasteiger partial charge in [-0.05, 0) is 43.0 Å². The largest absolute Gasteiger partial charge is 0.356 e. The van der Waals surface area contributed by atoms with Crippen LogP contribution in [0.1, 0.15) is 19.8 Å². The van der Waals surface area contributed by atoms with E-state index in [2.05, 4.69) is 22.1 Å². The second-order valence-corrected chi connectivity index (χ2v) is 7.93. The van der Waals surface area contributed by atoms with E-state index in [0.29, 0.717) is 28.0 Å². The minimum absolute atomic E-state index is 0.130. The van der Waals surface area contributed by atoms with Crippen molar-refractivity contribution in [1.82, 2.24) is 9.55 Å². The van der Waals surface area contributed by atoms with Gasteiger partial charge in [0.25, 0.3) is 0 Å². The maximum atomic E-state index is 12.8. The van der Waals surface area contributed by atoms with Crippen LogP contribution in [0.2, 0.25) is 5.02 Å². The minimum atomic E-state index is -0.424. The second-order valence-electron chi connectivity index (χ2n) is 7.52. The van der Waals surface area contributed by atoms with E-state index < -0.39 is 5.69 Å². The van der Waals surface area contributed by atoms with Crippen molar-refractivity contribution in [2.45, 2.75) is 26.3 Å². The highest BCUT2D eigenvalue weighted by atomic mass is 35.5. The number of nitrogens with zero attached hydrogens (tertiary/aromatic N) is 3. The van der Waals surface area contributed by atoms with Crippen molar-refractivity contribution in [3.63, 3.8) is 0 Å². The molecule has 0 radical (unpaired) electrons. The maximum absolute atomic E-state index is 12.8. The molecule has 1 aliphatic rings. The van der Waals surface area contributed by atoms with E-state index in [0.717, 1.165) is 31.3 Å². The summed E-state index contributed by atoms with van der Waals surface area (Å²) in [5.74, 6) is 1.07. The molecule has 0 atom stereocenters. The smallest absolute Gasteiger partial charge is 0.350 e. The average molecular weight is 411 g/mol. The van der Waals surface area contributed by atoms with Crippen LogP contribution in [0.25, 0.3) is 10.9 Å². The van der Waals surface area contributed by atoms with Gasteiger partial charge >= 0.3 is 5.69 Å². The van der Waals surface area contributed by atoms with Crippen LogP contribution in [0, 0.1) is 5.92 Å². The fraction of sp³-hybridized carbons (Fsp3) is 0.318. The monoisotopic (exact) mass is 410 g/mol. The predicted molar refractivity (Wildman–Crippen MR) is 117 cm³/mol. The Kier molecular flexibility index (Phi) is 5.53. The Balaban J connectivity index is 1.66. The predicted octanol–water partition coefficient (Wildman–Crippen LogP) is 3.92. The molecule has 1 N–H and O–H groups in total. The van der Waals surface area contributed by atoms with Gasteiger partial charge in [0.2, 0.25) is 5.91 Å². The number of nitrogens with one attached hydrogen (secondary N) is 1. The molecule has 0 saturated carbocycles. The minimum Gasteiger partial charge on any atom is -0.356 e. The van der Waals surface area contributed by atoms with Crippen LogP contribution in [0.4, 0.5) is 11.5 Å². The molecule has 0 bridgehead atoms. The van der Waals surface area contributed by atoms with Crippen molar-refractivity contribution in [1.29, 1.82) is 0 Å². The van der Waals surface area contributed by atoms with E-state index in [4.69, 9.17) is 11.6 Å². The normalized spacial score (nSPS) is 14.9. The van der Waals surface area contributed by atoms with Gasteiger partial charge in [0.05, 0.1) is 16.2 Å². The Morgan fingerprint density at radius 1 is 1.14 bits per heavy atom. The summed E-state index contributed by atoms with van der Waals surface area (Å²) in [5.41, 5.74) is 0.797. The Hall–Kier alpha value is -2.86. The van der Waals surface area contributed by atoms with Crippen molar-refractivity contribution in [2.75, 3.05) is 23.3 Å². The lowest BCUT2D eigenvalue weighted by Gasteiger charge is -2.32. The van der Waals surface area contributed by atoms with Crippen LogP contribution < -0.4 is 15.9 Å². The van der Waals surface area contributed by atoms with Crippen molar-refractivity contribution >= 4 is 39.9 Å². The lowest BCUT2D eigenvalue weighted by molar-refractivity contribution is -0.116. The number of aromatic nitrogens is 2. The van der Waals surface area contributed by atoms with Crippen molar-refractivity contribution < 1.29 is 4.79 Å². The summed E-state index contributed by atoms with van der Waals surface area (Å²) in [6.45, 7) is 3.89. The molecule has 150 valence electrons. The first-order chi connectivity index (χ1) is 14.0. The molecule has 7 heteroatoms. The fourth-order valence-electron chi connectivity index (χ4n) is 3.72. The van der Waals surface area contributed by atoms with Crippen LogP contribution in [0.15, 0.2) is 53.3 Å². The van der Waals surface area contributed by atoms with Crippen molar-refractivity contribution in [3.8, 4) is 0 Å². The van der Waals surface area contributed by atoms with Crippen molar-refractivity contribution in [2.24, 2.45) is 5.92 Å². The Labute approximate surface area is 174 Å². The summed E-state index contributed by atoms with van der Waals surface area (Å²) in [7, 11) is 0. The number of amides is 1. The van der Waals surface area contributed by atoms with Crippen LogP contribution in [0.3, 0.4) is 0 Å². The number of carbonyl (C=O) groups is 1. The Bertz CT molecular complexity index is 1100. The third-order valence-electron chi connectivity index (χ3n) is 5.40. The van der Waals surface area contributed by atoms with Gasteiger partial charge in [-0.2, -0.15) is 4.98 Å². The van der Waals surface area contributed by atoms with Gasteiger partial charge in [-0.25, -0.2) is 4.79 Å². The van der Waals surface area contributed by atoms with Gasteiger partial charge in [0.15, 0.2) is 0 Å². The van der Waals surface area contributed by atoms with Crippen LogP contribution >= 0.6 is 11.6 Å². The number of carbonyl (C=O) groups excluding carboxylic acids is 1. The molecule has 6 nitrogen and oxygen atoms in total. The summed E-state index contributed by atoms with van der Waals surface area (Å²) in [6.07, 6.45) is 2.17. The molecular formula is C22H23ClN4O2. The number of halogens is 1. The molecule has 1 amide bonds. The van der Waals surface area contributed by atoms with Gasteiger partial charge in [0, 0.05) is 18.5 Å². The molecule has 1 aliphatic heterocycles. The molecule has 1 aromatic heterocycles. The molecule has 4 rings (SSSR count). The first kappa shape index (κ1) is 19.5. The first-order valence-corrected chi connectivity index (χ1v) is 10.2. The van der Waals surface area contributed by atoms with Gasteiger partial charge in [0.1, 0.15) is 12.4 Å². The molecule has 29 heavy (non-hydrogen) atoms. The van der Waals surface area contributed by atoms with Crippen LogP contribution in [-0.2, 0) is 11.3 Å². The van der Waals surface area contributed by atoms with Gasteiger partial charge in [-0.3, -0.25) is 9.36 Å². The zero-order valence-electron chi connectivity index (χ0n) is 16.3. The highest BCUT2D eigenvalue weighted by molar-refractivity contribution is 6.33. The van der Waals surface area contributed by atoms with Crippen LogP contribution in [-0.4, -0.2) is 28.5 Å². The third kappa shape index (κ3) is 4.12. The summed E-state index contributed by atoms with van der Waals surface area (Å²) in [6, 6.07) is 14.6. The number of hydrogen-bond donors (Lipinski definition) is 1. The zero-order chi connectivity index (χ0) is 20.4. The van der Waals surface area contributed by atoms with E-state index in [9.17, 15) is 9.59 Å². The van der Waals surface area contributed by atoms with E-state index >= 15 is 0 Å². The maximum Gasteiger partial charge on any atom is 0.350 e. The Morgan fingerprint density at radius 2 is 1.83 bits per heavy atom. The highest BCUT2D eigenvalue weighted by Crippen LogP contribution is 2.27. The standard InChI is InChI=1S/C22H23ClN4O2/c1-15-10-12-26(13-11-15)21-16-6-2-5-9-19(16)27(22(29)25-21)14-20(28)24-18-8-4-3-7-17(18)23/h2-9,15H,10-14H2,1H3,(H,24,28). The summed E-state index contributed by atoms with van der Waals surface area (Å²) in [4.78, 5) is 32.0. The summed E-state index contributed by atoms with van der Waals surface area (Å²) >= 11 is 6.11. The highest BCUT2D eigenvalue weighted by Gasteiger charge is 2.21. The van der Waals surface area contributed by atoms with E-state index in [1.165, 1.54) is 4.57 Å². The molecule has 0 aliphatic carbocycles. The van der Waals surface area contributed by atoms with Crippen molar-refractivity contribution in [3.05, 3.63) is 64.0 Å². The van der Waals surface area contributed by atoms with E-state index in [-0.39, 0.29) is 12.5 Å². The number of rotatable bonds is 4. The second kappa shape index (κ2) is 8.25. The number of anilines is 2. The quantitative estimate of drug-likeness (QED) is 0.707. The number of fused-ring (bicyclic) bond motifs is 1. The fourth-order valence-corrected chi connectivity index (χ4v) is 3.91. The van der Waals surface area contributed by atoms with E-state index in [1.807, 2.05) is 24.3 Å². The third-order valence-corrected chi connectivity index (χ3v) is 5.73. The lowest BCUT2D eigenvalue weighted by atomic mass is 9.99. The summed E-state index contributed by atoms with van der Waals surface area (Å²) in [5, 5.41) is 4.10. The molecule has 0 unspecified atom stereocenters. The molecule has 1 saturated heterocycles. The zero-order valence-corrected chi connectivity index (χ0v) is 17.0. The number of piperidine rings is 1. The molecular weight excluding hydrogens is 388 g/mol. The summed E-state index contributed by atoms with van der Waals surface area (Å²) < 4.78 is 1.41. The topological polar surface area (TPSA) is 67.2 Å². The number of benzene rings is 2. The Morgan fingerprint density at radius 3 is 2.59 bits per heavy atom. The van der Waals surface area contributed by atoms with Gasteiger partial charge < -0.3 is 10.2 Å². The lowest BCUT2D eigenvalue weighted by Crippen LogP contribution is -2.37. The first-order valence-electron chi connectivity index (χ1n) is 9.82. The molecule has 3 aromatic rings.